The van der Waals surface area contributed by atoms with E-state index < -0.39 is 11.7 Å². The average molecular weight is 227 g/mol. The monoisotopic (exact) mass is 227 g/mol. The molecule has 1 aliphatic heterocycles. The van der Waals surface area contributed by atoms with Crippen molar-refractivity contribution in [3.8, 4) is 0 Å². The van der Waals surface area contributed by atoms with Gasteiger partial charge in [0, 0.05) is 6.54 Å². The average Bonchev–Trinajstić information content (AvgIpc) is 2.16. The zero-order chi connectivity index (χ0) is 12.2. The van der Waals surface area contributed by atoms with Gasteiger partial charge in [0.1, 0.15) is 11.7 Å². The Bertz CT molecular complexity index is 293. The van der Waals surface area contributed by atoms with Crippen molar-refractivity contribution in [1.29, 1.82) is 0 Å². The van der Waals surface area contributed by atoms with Gasteiger partial charge in [0.2, 0.25) is 0 Å². The van der Waals surface area contributed by atoms with Crippen molar-refractivity contribution in [2.45, 2.75) is 32.5 Å². The summed E-state index contributed by atoms with van der Waals surface area (Å²) in [6.45, 7) is 6.63. The summed E-state index contributed by atoms with van der Waals surface area (Å²) >= 11 is 0. The fourth-order valence-electron chi connectivity index (χ4n) is 1.33. The maximum atomic E-state index is 11.7. The Hall–Kier alpha value is -1.52. The highest BCUT2D eigenvalue weighted by Gasteiger charge is 2.25. The molecule has 1 heterocycles. The predicted octanol–water partition coefficient (Wildman–Crippen LogP) is 1.33. The van der Waals surface area contributed by atoms with E-state index in [1.807, 2.05) is 20.8 Å². The lowest BCUT2D eigenvalue weighted by Crippen LogP contribution is -2.43. The highest BCUT2D eigenvalue weighted by molar-refractivity contribution is 5.68. The Morgan fingerprint density at radius 3 is 2.75 bits per heavy atom. The van der Waals surface area contributed by atoms with Crippen LogP contribution in [0.2, 0.25) is 0 Å². The van der Waals surface area contributed by atoms with Gasteiger partial charge >= 0.3 is 6.09 Å². The van der Waals surface area contributed by atoms with Gasteiger partial charge in [-0.1, -0.05) is 6.08 Å². The molecule has 0 aromatic rings. The maximum Gasteiger partial charge on any atom is 0.410 e. The van der Waals surface area contributed by atoms with E-state index in [-0.39, 0.29) is 6.10 Å². The van der Waals surface area contributed by atoms with E-state index in [0.29, 0.717) is 19.6 Å². The van der Waals surface area contributed by atoms with Crippen LogP contribution in [0.1, 0.15) is 20.8 Å². The first kappa shape index (κ1) is 12.5. The molecule has 16 heavy (non-hydrogen) atoms. The predicted molar refractivity (Wildman–Crippen MR) is 57.9 cm³/mol. The molecule has 0 fully saturated rings. The second-order valence-electron chi connectivity index (χ2n) is 4.58. The minimum Gasteiger partial charge on any atom is -0.458 e. The van der Waals surface area contributed by atoms with Crippen LogP contribution in [0.15, 0.2) is 12.2 Å². The van der Waals surface area contributed by atoms with Crippen LogP contribution in [0.3, 0.4) is 0 Å². The SMILES string of the molecule is CC(C)(C)OC(=O)N1CC=CC(OC=O)C1. The quantitative estimate of drug-likeness (QED) is 0.527. The molecule has 0 aromatic heterocycles. The van der Waals surface area contributed by atoms with E-state index in [9.17, 15) is 9.59 Å². The first-order chi connectivity index (χ1) is 7.42. The normalized spacial score (nSPS) is 20.4. The lowest BCUT2D eigenvalue weighted by Gasteiger charge is -2.30. The molecular weight excluding hydrogens is 210 g/mol. The van der Waals surface area contributed by atoms with E-state index in [4.69, 9.17) is 9.47 Å². The van der Waals surface area contributed by atoms with Gasteiger partial charge in [0.25, 0.3) is 6.47 Å². The molecule has 0 aliphatic carbocycles. The number of ether oxygens (including phenoxy) is 2. The van der Waals surface area contributed by atoms with E-state index in [1.165, 1.54) is 4.90 Å². The number of carbonyl (C=O) groups excluding carboxylic acids is 2. The van der Waals surface area contributed by atoms with Crippen molar-refractivity contribution in [3.63, 3.8) is 0 Å². The number of hydrogen-bond donors (Lipinski definition) is 0. The van der Waals surface area contributed by atoms with Gasteiger partial charge in [-0.05, 0) is 26.8 Å². The van der Waals surface area contributed by atoms with Gasteiger partial charge in [-0.25, -0.2) is 4.79 Å². The highest BCUT2D eigenvalue weighted by atomic mass is 16.6. The van der Waals surface area contributed by atoms with Gasteiger partial charge in [-0.15, -0.1) is 0 Å². The molecule has 1 atom stereocenters. The number of carbonyl (C=O) groups is 2. The molecule has 1 unspecified atom stereocenters. The first-order valence-electron chi connectivity index (χ1n) is 5.16. The molecule has 5 nitrogen and oxygen atoms in total. The zero-order valence-electron chi connectivity index (χ0n) is 9.80. The minimum atomic E-state index is -0.515. The summed E-state index contributed by atoms with van der Waals surface area (Å²) in [5.74, 6) is 0. The van der Waals surface area contributed by atoms with Crippen LogP contribution in [-0.4, -0.2) is 42.3 Å². The van der Waals surface area contributed by atoms with Crippen molar-refractivity contribution in [2.75, 3.05) is 13.1 Å². The summed E-state index contributed by atoms with van der Waals surface area (Å²) in [6.07, 6.45) is 2.77. The lowest BCUT2D eigenvalue weighted by atomic mass is 10.2. The van der Waals surface area contributed by atoms with Crippen molar-refractivity contribution in [3.05, 3.63) is 12.2 Å². The Morgan fingerprint density at radius 1 is 1.50 bits per heavy atom. The molecule has 1 amide bonds. The zero-order valence-corrected chi connectivity index (χ0v) is 9.80. The van der Waals surface area contributed by atoms with Crippen molar-refractivity contribution in [1.82, 2.24) is 4.90 Å². The summed E-state index contributed by atoms with van der Waals surface area (Å²) in [5, 5.41) is 0. The topological polar surface area (TPSA) is 55.8 Å². The van der Waals surface area contributed by atoms with Crippen LogP contribution < -0.4 is 0 Å². The molecule has 0 bridgehead atoms. The second-order valence-corrected chi connectivity index (χ2v) is 4.58. The number of amides is 1. The summed E-state index contributed by atoms with van der Waals surface area (Å²) in [4.78, 5) is 23.4. The van der Waals surface area contributed by atoms with Gasteiger partial charge < -0.3 is 14.4 Å². The Kier molecular flexibility index (Phi) is 3.93. The number of hydrogen-bond acceptors (Lipinski definition) is 4. The van der Waals surface area contributed by atoms with Crippen molar-refractivity contribution < 1.29 is 19.1 Å². The van der Waals surface area contributed by atoms with Crippen LogP contribution in [0.5, 0.6) is 0 Å². The smallest absolute Gasteiger partial charge is 0.410 e. The largest absolute Gasteiger partial charge is 0.458 e. The molecule has 1 rings (SSSR count). The fraction of sp³-hybridized carbons (Fsp3) is 0.636. The van der Waals surface area contributed by atoms with E-state index in [2.05, 4.69) is 0 Å². The Labute approximate surface area is 95.0 Å². The second kappa shape index (κ2) is 5.01. The summed E-state index contributed by atoms with van der Waals surface area (Å²) in [6, 6.07) is 0. The molecule has 1 aliphatic rings. The van der Waals surface area contributed by atoms with Crippen molar-refractivity contribution in [2.24, 2.45) is 0 Å². The van der Waals surface area contributed by atoms with Gasteiger partial charge in [0.15, 0.2) is 0 Å². The third kappa shape index (κ3) is 3.92. The number of rotatable bonds is 2. The van der Waals surface area contributed by atoms with E-state index in [0.717, 1.165) is 0 Å². The van der Waals surface area contributed by atoms with Crippen LogP contribution in [0, 0.1) is 0 Å². The lowest BCUT2D eigenvalue weighted by molar-refractivity contribution is -0.132. The third-order valence-corrected chi connectivity index (χ3v) is 1.96. The van der Waals surface area contributed by atoms with Crippen LogP contribution in [0.4, 0.5) is 4.79 Å². The molecule has 0 N–H and O–H groups in total. The van der Waals surface area contributed by atoms with E-state index in [1.54, 1.807) is 12.2 Å². The van der Waals surface area contributed by atoms with Crippen LogP contribution in [0.25, 0.3) is 0 Å². The van der Waals surface area contributed by atoms with Gasteiger partial charge in [-0.2, -0.15) is 0 Å². The summed E-state index contributed by atoms with van der Waals surface area (Å²) < 4.78 is 9.99. The molecule has 90 valence electrons. The summed E-state index contributed by atoms with van der Waals surface area (Å²) in [7, 11) is 0. The summed E-state index contributed by atoms with van der Waals surface area (Å²) in [5.41, 5.74) is -0.515. The molecule has 0 radical (unpaired) electrons. The molecule has 0 spiro atoms. The van der Waals surface area contributed by atoms with Gasteiger partial charge in [-0.3, -0.25) is 4.79 Å². The Balaban J connectivity index is 2.52. The molecule has 0 saturated heterocycles. The molecular formula is C11H17NO4. The maximum absolute atomic E-state index is 11.7. The fourth-order valence-corrected chi connectivity index (χ4v) is 1.33. The van der Waals surface area contributed by atoms with Crippen LogP contribution >= 0.6 is 0 Å². The Morgan fingerprint density at radius 2 is 2.19 bits per heavy atom. The van der Waals surface area contributed by atoms with Crippen LogP contribution in [-0.2, 0) is 14.3 Å². The van der Waals surface area contributed by atoms with Crippen molar-refractivity contribution >= 4 is 12.6 Å². The molecule has 0 aromatic carbocycles. The van der Waals surface area contributed by atoms with Gasteiger partial charge in [0.05, 0.1) is 6.54 Å². The minimum absolute atomic E-state index is 0.337. The first-order valence-corrected chi connectivity index (χ1v) is 5.16. The van der Waals surface area contributed by atoms with E-state index >= 15 is 0 Å². The standard InChI is InChI=1S/C11H17NO4/c1-11(2,3)16-10(14)12-6-4-5-9(7-12)15-8-13/h4-5,8-9H,6-7H2,1-3H3. The highest BCUT2D eigenvalue weighted by Crippen LogP contribution is 2.13. The molecule has 5 heteroatoms. The third-order valence-electron chi connectivity index (χ3n) is 1.96. The molecule has 0 saturated carbocycles. The number of nitrogens with zero attached hydrogens (tertiary/aromatic N) is 1.